The molecule has 0 bridgehead atoms. The van der Waals surface area contributed by atoms with Gasteiger partial charge in [0.2, 0.25) is 0 Å². The van der Waals surface area contributed by atoms with E-state index in [1.807, 2.05) is 13.8 Å². The summed E-state index contributed by atoms with van der Waals surface area (Å²) in [6.45, 7) is 5.84. The van der Waals surface area contributed by atoms with Gasteiger partial charge in [0, 0.05) is 14.2 Å². The van der Waals surface area contributed by atoms with Crippen LogP contribution in [0.5, 0.6) is 0 Å². The average molecular weight is 306 g/mol. The number of ether oxygens (including phenoxy) is 6. The second-order valence-electron chi connectivity index (χ2n) is 5.87. The first-order valence-corrected chi connectivity index (χ1v) is 7.21. The molecule has 0 aromatic rings. The van der Waals surface area contributed by atoms with Crippen molar-refractivity contribution in [3.63, 3.8) is 0 Å². The van der Waals surface area contributed by atoms with Gasteiger partial charge in [0.15, 0.2) is 12.1 Å². The van der Waals surface area contributed by atoms with Crippen LogP contribution in [0.2, 0.25) is 0 Å². The molecule has 0 amide bonds. The Morgan fingerprint density at radius 3 is 2.43 bits per heavy atom. The lowest BCUT2D eigenvalue weighted by atomic mass is 10.1. The van der Waals surface area contributed by atoms with Crippen LogP contribution >= 0.6 is 0 Å². The van der Waals surface area contributed by atoms with Crippen molar-refractivity contribution in [1.82, 2.24) is 0 Å². The van der Waals surface area contributed by atoms with Gasteiger partial charge in [-0.25, -0.2) is 0 Å². The maximum atomic E-state index is 9.22. The highest BCUT2D eigenvalue weighted by Crippen LogP contribution is 2.35. The van der Waals surface area contributed by atoms with E-state index in [1.54, 1.807) is 21.1 Å². The standard InChI is InChI=1S/C14H26O7/c1-8(6-15)19-11-10(9-7-18-14(2,3)21-9)20-13(17-5)12(11)16-4/h8-13,15H,6-7H2,1-5H3/t8?,9?,10-,11-,12?,13+/m1/s1. The molecule has 0 aliphatic carbocycles. The fourth-order valence-corrected chi connectivity index (χ4v) is 2.73. The topological polar surface area (TPSA) is 75.6 Å². The van der Waals surface area contributed by atoms with Crippen molar-refractivity contribution in [3.8, 4) is 0 Å². The van der Waals surface area contributed by atoms with E-state index < -0.39 is 18.2 Å². The van der Waals surface area contributed by atoms with Crippen molar-refractivity contribution in [2.75, 3.05) is 27.4 Å². The molecular formula is C14H26O7. The highest BCUT2D eigenvalue weighted by molar-refractivity contribution is 4.96. The fraction of sp³-hybridized carbons (Fsp3) is 1.00. The van der Waals surface area contributed by atoms with E-state index in [2.05, 4.69) is 0 Å². The minimum absolute atomic E-state index is 0.0786. The van der Waals surface area contributed by atoms with Gasteiger partial charge in [0.1, 0.15) is 24.4 Å². The number of hydrogen-bond acceptors (Lipinski definition) is 7. The van der Waals surface area contributed by atoms with E-state index in [9.17, 15) is 5.11 Å². The summed E-state index contributed by atoms with van der Waals surface area (Å²) < 4.78 is 34.0. The third-order valence-electron chi connectivity index (χ3n) is 3.75. The number of aliphatic hydroxyl groups is 1. The van der Waals surface area contributed by atoms with Crippen LogP contribution in [0.1, 0.15) is 20.8 Å². The maximum absolute atomic E-state index is 9.22. The molecule has 0 saturated carbocycles. The number of rotatable bonds is 6. The lowest BCUT2D eigenvalue weighted by Gasteiger charge is -2.28. The van der Waals surface area contributed by atoms with E-state index in [-0.39, 0.29) is 31.0 Å². The van der Waals surface area contributed by atoms with Crippen LogP contribution in [0.25, 0.3) is 0 Å². The summed E-state index contributed by atoms with van der Waals surface area (Å²) in [7, 11) is 3.14. The van der Waals surface area contributed by atoms with Crippen LogP contribution in [0.4, 0.5) is 0 Å². The Hall–Kier alpha value is -0.280. The molecule has 2 heterocycles. The summed E-state index contributed by atoms with van der Waals surface area (Å²) in [6, 6.07) is 0. The Balaban J connectivity index is 2.12. The van der Waals surface area contributed by atoms with Crippen molar-refractivity contribution in [3.05, 3.63) is 0 Å². The SMILES string of the molecule is COC1[C@@H](OC)O[C@H](C2COC(C)(C)O2)[C@H]1OC(C)CO. The van der Waals surface area contributed by atoms with Gasteiger partial charge in [0.25, 0.3) is 0 Å². The Labute approximate surface area is 125 Å². The summed E-state index contributed by atoms with van der Waals surface area (Å²) in [5.41, 5.74) is 0. The normalized spacial score (nSPS) is 40.6. The first kappa shape index (κ1) is 17.1. The van der Waals surface area contributed by atoms with Crippen molar-refractivity contribution in [1.29, 1.82) is 0 Å². The molecule has 2 rings (SSSR count). The highest BCUT2D eigenvalue weighted by Gasteiger charge is 2.53. The maximum Gasteiger partial charge on any atom is 0.186 e. The zero-order valence-corrected chi connectivity index (χ0v) is 13.3. The number of aliphatic hydroxyl groups excluding tert-OH is 1. The van der Waals surface area contributed by atoms with Crippen molar-refractivity contribution >= 4 is 0 Å². The predicted molar refractivity (Wildman–Crippen MR) is 72.8 cm³/mol. The first-order valence-electron chi connectivity index (χ1n) is 7.21. The average Bonchev–Trinajstić information content (AvgIpc) is 2.98. The van der Waals surface area contributed by atoms with Crippen molar-refractivity contribution in [2.45, 2.75) is 63.4 Å². The lowest BCUT2D eigenvalue weighted by molar-refractivity contribution is -0.188. The van der Waals surface area contributed by atoms with E-state index in [0.717, 1.165) is 0 Å². The van der Waals surface area contributed by atoms with Gasteiger partial charge in [-0.2, -0.15) is 0 Å². The molecular weight excluding hydrogens is 280 g/mol. The van der Waals surface area contributed by atoms with E-state index in [4.69, 9.17) is 28.4 Å². The molecule has 3 unspecified atom stereocenters. The molecule has 0 radical (unpaired) electrons. The van der Waals surface area contributed by atoms with Gasteiger partial charge >= 0.3 is 0 Å². The third-order valence-corrected chi connectivity index (χ3v) is 3.75. The van der Waals surface area contributed by atoms with E-state index >= 15 is 0 Å². The van der Waals surface area contributed by atoms with Gasteiger partial charge in [-0.15, -0.1) is 0 Å². The Morgan fingerprint density at radius 1 is 1.24 bits per heavy atom. The third kappa shape index (κ3) is 3.73. The van der Waals surface area contributed by atoms with Crippen LogP contribution in [0.3, 0.4) is 0 Å². The molecule has 6 atom stereocenters. The van der Waals surface area contributed by atoms with Crippen molar-refractivity contribution in [2.24, 2.45) is 0 Å². The summed E-state index contributed by atoms with van der Waals surface area (Å²) in [6.07, 6.45) is -2.30. The van der Waals surface area contributed by atoms with Gasteiger partial charge in [-0.3, -0.25) is 0 Å². The molecule has 21 heavy (non-hydrogen) atoms. The molecule has 0 aromatic heterocycles. The minimum atomic E-state index is -0.644. The van der Waals surface area contributed by atoms with Gasteiger partial charge in [-0.1, -0.05) is 0 Å². The molecule has 0 aromatic carbocycles. The van der Waals surface area contributed by atoms with E-state index in [1.165, 1.54) is 0 Å². The summed E-state index contributed by atoms with van der Waals surface area (Å²) in [5, 5.41) is 9.22. The van der Waals surface area contributed by atoms with Gasteiger partial charge < -0.3 is 33.5 Å². The monoisotopic (exact) mass is 306 g/mol. The van der Waals surface area contributed by atoms with E-state index in [0.29, 0.717) is 6.61 Å². The zero-order valence-electron chi connectivity index (χ0n) is 13.3. The fourth-order valence-electron chi connectivity index (χ4n) is 2.73. The summed E-state index contributed by atoms with van der Waals surface area (Å²) in [4.78, 5) is 0. The van der Waals surface area contributed by atoms with Crippen LogP contribution < -0.4 is 0 Å². The van der Waals surface area contributed by atoms with Crippen LogP contribution in [-0.4, -0.2) is 75.1 Å². The van der Waals surface area contributed by atoms with Gasteiger partial charge in [0.05, 0.1) is 19.3 Å². The minimum Gasteiger partial charge on any atom is -0.394 e. The molecule has 7 nitrogen and oxygen atoms in total. The largest absolute Gasteiger partial charge is 0.394 e. The van der Waals surface area contributed by atoms with Crippen molar-refractivity contribution < 1.29 is 33.5 Å². The Morgan fingerprint density at radius 2 is 1.95 bits per heavy atom. The van der Waals surface area contributed by atoms with Crippen LogP contribution in [-0.2, 0) is 28.4 Å². The molecule has 124 valence electrons. The molecule has 2 fully saturated rings. The van der Waals surface area contributed by atoms with Gasteiger partial charge in [-0.05, 0) is 20.8 Å². The summed E-state index contributed by atoms with van der Waals surface area (Å²) in [5.74, 6) is -0.644. The highest BCUT2D eigenvalue weighted by atomic mass is 16.8. The summed E-state index contributed by atoms with van der Waals surface area (Å²) >= 11 is 0. The number of methoxy groups -OCH3 is 2. The molecule has 1 N–H and O–H groups in total. The predicted octanol–water partition coefficient (Wildman–Crippen LogP) is 0.290. The molecule has 7 heteroatoms. The van der Waals surface area contributed by atoms with Crippen LogP contribution in [0.15, 0.2) is 0 Å². The first-order chi connectivity index (χ1) is 9.91. The quantitative estimate of drug-likeness (QED) is 0.756. The Bertz CT molecular complexity index is 335. The second-order valence-corrected chi connectivity index (χ2v) is 5.87. The lowest BCUT2D eigenvalue weighted by Crippen LogP contribution is -2.45. The van der Waals surface area contributed by atoms with Crippen LogP contribution in [0, 0.1) is 0 Å². The number of hydrogen-bond donors (Lipinski definition) is 1. The Kier molecular flexibility index (Phi) is 5.59. The molecule has 2 saturated heterocycles. The molecule has 0 spiro atoms. The molecule has 2 aliphatic heterocycles. The zero-order chi connectivity index (χ0) is 15.6. The molecule has 2 aliphatic rings. The smallest absolute Gasteiger partial charge is 0.186 e. The second kappa shape index (κ2) is 6.87.